The fraction of sp³-hybridized carbons (Fsp3) is 0.162. The summed E-state index contributed by atoms with van der Waals surface area (Å²) in [5, 5.41) is 0.793. The van der Waals surface area contributed by atoms with Gasteiger partial charge in [0.2, 0.25) is 0 Å². The van der Waals surface area contributed by atoms with Gasteiger partial charge >= 0.3 is 6.18 Å². The van der Waals surface area contributed by atoms with Crippen molar-refractivity contribution in [3.8, 4) is 10.4 Å². The van der Waals surface area contributed by atoms with Crippen LogP contribution in [0.25, 0.3) is 10.4 Å². The molecule has 1 saturated heterocycles. The Morgan fingerprint density at radius 1 is 0.760 bits per heavy atom. The molecule has 5 aromatic rings. The minimum atomic E-state index is -4.59. The summed E-state index contributed by atoms with van der Waals surface area (Å²) in [6.45, 7) is 1.98. The summed E-state index contributed by atoms with van der Waals surface area (Å²) in [6, 6.07) is 23.9. The highest BCUT2D eigenvalue weighted by Gasteiger charge is 2.41. The normalized spacial score (nSPS) is 15.2. The molecule has 0 atom stereocenters. The van der Waals surface area contributed by atoms with Crippen LogP contribution in [0, 0.1) is 0 Å². The molecule has 0 unspecified atom stereocenters. The summed E-state index contributed by atoms with van der Waals surface area (Å²) >= 11 is 19.4. The molecule has 2 aliphatic rings. The molecular weight excluding hydrogens is 730 g/mol. The van der Waals surface area contributed by atoms with E-state index in [4.69, 9.17) is 34.8 Å². The van der Waals surface area contributed by atoms with Gasteiger partial charge in [0, 0.05) is 58.9 Å². The zero-order valence-electron chi connectivity index (χ0n) is 25.9. The van der Waals surface area contributed by atoms with E-state index in [9.17, 15) is 27.6 Å². The first-order chi connectivity index (χ1) is 23.9. The number of carbonyl (C=O) groups is 3. The minimum Gasteiger partial charge on any atom is -0.369 e. The molecule has 13 heteroatoms. The van der Waals surface area contributed by atoms with Crippen LogP contribution in [0.1, 0.15) is 47.8 Å². The second kappa shape index (κ2) is 13.5. The molecule has 0 bridgehead atoms. The maximum Gasteiger partial charge on any atom is 0.417 e. The summed E-state index contributed by atoms with van der Waals surface area (Å²) in [7, 11) is 0. The quantitative estimate of drug-likeness (QED) is 0.122. The maximum absolute atomic E-state index is 14.5. The number of carbonyl (C=O) groups excluding carboxylic acids is 3. The lowest BCUT2D eigenvalue weighted by Crippen LogP contribution is -2.46. The van der Waals surface area contributed by atoms with Crippen molar-refractivity contribution >= 4 is 74.4 Å². The molecule has 7 rings (SSSR count). The number of anilines is 2. The summed E-state index contributed by atoms with van der Waals surface area (Å²) < 4.78 is 40.8. The number of benzene rings is 4. The molecule has 2 amide bonds. The molecule has 0 radical (unpaired) electrons. The number of amides is 2. The van der Waals surface area contributed by atoms with Crippen molar-refractivity contribution in [2.45, 2.75) is 12.7 Å². The molecule has 0 N–H and O–H groups in total. The van der Waals surface area contributed by atoms with Crippen molar-refractivity contribution < 1.29 is 27.6 Å². The van der Waals surface area contributed by atoms with Crippen LogP contribution in [0.5, 0.6) is 0 Å². The summed E-state index contributed by atoms with van der Waals surface area (Å²) in [4.78, 5) is 47.9. The standard InChI is InChI=1S/C37H25Cl3F3N3O3S/c38-23-9-5-21(6-10-23)32(47)31-28(20-44-15-17-45(18-16-44)25-13-14-30(40)29(19-25)37(41,42)43)33(22-7-11-24(39)12-8-22)50-36(31)46-34(48)26-3-1-2-4-27(26)35(46)49/h1-14,19H,15-18,20H2. The largest absolute Gasteiger partial charge is 0.417 e. The first-order valence-electron chi connectivity index (χ1n) is 15.4. The van der Waals surface area contributed by atoms with Crippen LogP contribution in [0.4, 0.5) is 23.9 Å². The molecule has 3 heterocycles. The fourth-order valence-corrected chi connectivity index (χ4v) is 8.05. The Balaban J connectivity index is 1.30. The Hall–Kier alpha value is -4.19. The third-order valence-corrected chi connectivity index (χ3v) is 10.9. The van der Waals surface area contributed by atoms with Crippen molar-refractivity contribution in [2.24, 2.45) is 0 Å². The van der Waals surface area contributed by atoms with E-state index >= 15 is 0 Å². The van der Waals surface area contributed by atoms with E-state index < -0.39 is 23.6 Å². The van der Waals surface area contributed by atoms with Crippen LogP contribution in [-0.4, -0.2) is 48.7 Å². The molecular formula is C37H25Cl3F3N3O3S. The van der Waals surface area contributed by atoms with E-state index in [1.807, 2.05) is 17.0 Å². The molecule has 0 saturated carbocycles. The van der Waals surface area contributed by atoms with E-state index in [-0.39, 0.29) is 39.0 Å². The van der Waals surface area contributed by atoms with Crippen molar-refractivity contribution in [3.05, 3.63) is 139 Å². The van der Waals surface area contributed by atoms with Gasteiger partial charge in [0.1, 0.15) is 5.00 Å². The number of ketones is 1. The van der Waals surface area contributed by atoms with Gasteiger partial charge in [0.15, 0.2) is 5.78 Å². The van der Waals surface area contributed by atoms with Crippen LogP contribution in [0.2, 0.25) is 15.1 Å². The van der Waals surface area contributed by atoms with Crippen molar-refractivity contribution in [1.82, 2.24) is 4.90 Å². The predicted molar refractivity (Wildman–Crippen MR) is 191 cm³/mol. The third kappa shape index (κ3) is 6.42. The fourth-order valence-electron chi connectivity index (χ4n) is 6.26. The highest BCUT2D eigenvalue weighted by Crippen LogP contribution is 2.46. The Kier molecular flexibility index (Phi) is 9.25. The first kappa shape index (κ1) is 34.3. The number of hydrogen-bond donors (Lipinski definition) is 0. The molecule has 6 nitrogen and oxygen atoms in total. The second-order valence-corrected chi connectivity index (χ2v) is 14.1. The van der Waals surface area contributed by atoms with Gasteiger partial charge in [-0.25, -0.2) is 4.90 Å². The highest BCUT2D eigenvalue weighted by molar-refractivity contribution is 7.20. The number of alkyl halides is 3. The Bertz CT molecular complexity index is 2110. The van der Waals surface area contributed by atoms with Crippen molar-refractivity contribution in [1.29, 1.82) is 0 Å². The smallest absolute Gasteiger partial charge is 0.369 e. The predicted octanol–water partition coefficient (Wildman–Crippen LogP) is 9.75. The molecule has 0 spiro atoms. The molecule has 1 fully saturated rings. The monoisotopic (exact) mass is 753 g/mol. The third-order valence-electron chi connectivity index (χ3n) is 8.80. The average Bonchev–Trinajstić information content (AvgIpc) is 3.58. The minimum absolute atomic E-state index is 0.204. The average molecular weight is 755 g/mol. The lowest BCUT2D eigenvalue weighted by atomic mass is 9.97. The second-order valence-electron chi connectivity index (χ2n) is 11.8. The van der Waals surface area contributed by atoms with Crippen LogP contribution in [0.3, 0.4) is 0 Å². The molecule has 1 aromatic heterocycles. The Labute approximate surface area is 304 Å². The first-order valence-corrected chi connectivity index (χ1v) is 17.4. The van der Waals surface area contributed by atoms with Gasteiger partial charge in [0.25, 0.3) is 11.8 Å². The summed E-state index contributed by atoms with van der Waals surface area (Å²) in [5.41, 5.74) is 1.90. The van der Waals surface area contributed by atoms with Crippen LogP contribution in [0.15, 0.2) is 91.0 Å². The number of hydrogen-bond acceptors (Lipinski definition) is 6. The Morgan fingerprint density at radius 2 is 1.34 bits per heavy atom. The van der Waals surface area contributed by atoms with Gasteiger partial charge in [-0.2, -0.15) is 13.2 Å². The SMILES string of the molecule is O=C(c1ccc(Cl)cc1)c1c(N2C(=O)c3ccccc3C2=O)sc(-c2ccc(Cl)cc2)c1CN1CCN(c2ccc(Cl)c(C(F)(F)F)c2)CC1. The number of fused-ring (bicyclic) bond motifs is 1. The van der Waals surface area contributed by atoms with E-state index in [1.165, 1.54) is 17.4 Å². The highest BCUT2D eigenvalue weighted by atomic mass is 35.5. The van der Waals surface area contributed by atoms with Gasteiger partial charge in [0.05, 0.1) is 27.3 Å². The van der Waals surface area contributed by atoms with Crippen LogP contribution < -0.4 is 9.80 Å². The molecule has 50 heavy (non-hydrogen) atoms. The van der Waals surface area contributed by atoms with Crippen molar-refractivity contribution in [2.75, 3.05) is 36.0 Å². The van der Waals surface area contributed by atoms with Gasteiger partial charge in [-0.1, -0.05) is 59.1 Å². The van der Waals surface area contributed by atoms with E-state index in [0.717, 1.165) is 16.5 Å². The van der Waals surface area contributed by atoms with E-state index in [0.29, 0.717) is 57.9 Å². The number of halogens is 6. The zero-order chi connectivity index (χ0) is 35.3. The van der Waals surface area contributed by atoms with Gasteiger partial charge in [-0.05, 0) is 77.9 Å². The Morgan fingerprint density at radius 3 is 1.92 bits per heavy atom. The summed E-state index contributed by atoms with van der Waals surface area (Å²) in [6.07, 6.45) is -4.59. The number of rotatable bonds is 7. The number of piperazine rings is 1. The number of imide groups is 1. The molecule has 254 valence electrons. The van der Waals surface area contributed by atoms with Crippen LogP contribution in [-0.2, 0) is 12.7 Å². The van der Waals surface area contributed by atoms with Gasteiger partial charge in [-0.15, -0.1) is 11.3 Å². The molecule has 4 aromatic carbocycles. The summed E-state index contributed by atoms with van der Waals surface area (Å²) in [5.74, 6) is -1.44. The number of thiophene rings is 1. The van der Waals surface area contributed by atoms with Gasteiger partial charge in [-0.3, -0.25) is 19.3 Å². The van der Waals surface area contributed by atoms with Crippen LogP contribution >= 0.6 is 46.1 Å². The lowest BCUT2D eigenvalue weighted by Gasteiger charge is -2.36. The molecule has 0 aliphatic carbocycles. The van der Waals surface area contributed by atoms with E-state index in [2.05, 4.69) is 4.90 Å². The maximum atomic E-state index is 14.5. The number of nitrogens with zero attached hydrogens (tertiary/aromatic N) is 3. The topological polar surface area (TPSA) is 60.9 Å². The lowest BCUT2D eigenvalue weighted by molar-refractivity contribution is -0.137. The molecule has 2 aliphatic heterocycles. The zero-order valence-corrected chi connectivity index (χ0v) is 29.0. The van der Waals surface area contributed by atoms with Gasteiger partial charge < -0.3 is 4.90 Å². The van der Waals surface area contributed by atoms with E-state index in [1.54, 1.807) is 66.7 Å². The van der Waals surface area contributed by atoms with Crippen molar-refractivity contribution in [3.63, 3.8) is 0 Å².